The smallest absolute Gasteiger partial charge is 0.221 e. The van der Waals surface area contributed by atoms with Crippen LogP contribution in [0.1, 0.15) is 64.0 Å². The third-order valence-corrected chi connectivity index (χ3v) is 10.5. The minimum atomic E-state index is -1.33. The van der Waals surface area contributed by atoms with Gasteiger partial charge in [-0.2, -0.15) is 0 Å². The number of nitrogens with one attached hydrogen (secondary N) is 1. The van der Waals surface area contributed by atoms with Gasteiger partial charge in [0.15, 0.2) is 17.3 Å². The molecule has 1 spiro atoms. The summed E-state index contributed by atoms with van der Waals surface area (Å²) < 4.78 is 1.55. The average molecular weight is 555 g/mol. The lowest BCUT2D eigenvalue weighted by Gasteiger charge is -2.24. The Kier molecular flexibility index (Phi) is 10.9. The zero-order valence-electron chi connectivity index (χ0n) is 20.8. The maximum Gasteiger partial charge on any atom is 0.221 e. The molecule has 2 unspecified atom stereocenters. The average Bonchev–Trinajstić information content (AvgIpc) is 3.45. The maximum atomic E-state index is 13.1. The number of benzene rings is 1. The van der Waals surface area contributed by atoms with Crippen LogP contribution < -0.4 is 5.32 Å². The normalized spacial score (nSPS) is 21.7. The van der Waals surface area contributed by atoms with Crippen molar-refractivity contribution in [2.24, 2.45) is 5.92 Å². The van der Waals surface area contributed by atoms with E-state index in [-0.39, 0.29) is 34.9 Å². The van der Waals surface area contributed by atoms with Gasteiger partial charge in [0, 0.05) is 37.3 Å². The summed E-state index contributed by atoms with van der Waals surface area (Å²) in [4.78, 5) is 50.4. The Hall–Kier alpha value is -1.39. The lowest BCUT2D eigenvalue weighted by Crippen LogP contribution is -2.37. The highest BCUT2D eigenvalue weighted by Crippen LogP contribution is 2.52. The maximum absolute atomic E-state index is 13.1. The van der Waals surface area contributed by atoms with Crippen LogP contribution in [0.5, 0.6) is 0 Å². The summed E-state index contributed by atoms with van der Waals surface area (Å²) in [6.45, 7) is 3.98. The third-order valence-electron chi connectivity index (χ3n) is 6.76. The summed E-state index contributed by atoms with van der Waals surface area (Å²) in [5.74, 6) is 0.413. The molecule has 2 aliphatic heterocycles. The van der Waals surface area contributed by atoms with Crippen molar-refractivity contribution >= 4 is 58.6 Å². The molecule has 1 amide bonds. The van der Waals surface area contributed by atoms with E-state index in [0.717, 1.165) is 11.5 Å². The molecule has 0 radical (unpaired) electrons. The first kappa shape index (κ1) is 29.2. The molecule has 0 bridgehead atoms. The van der Waals surface area contributed by atoms with Crippen molar-refractivity contribution in [2.75, 3.05) is 18.1 Å². The van der Waals surface area contributed by atoms with Crippen molar-refractivity contribution < 1.29 is 24.3 Å². The summed E-state index contributed by atoms with van der Waals surface area (Å²) >= 11 is 10.1. The highest BCUT2D eigenvalue weighted by atomic mass is 35.5. The molecular formula is C26H35ClN2O5S2. The first-order valence-electron chi connectivity index (χ1n) is 12.4. The topological polar surface area (TPSA) is 104 Å². The van der Waals surface area contributed by atoms with Gasteiger partial charge in [0.1, 0.15) is 12.1 Å². The second-order valence-electron chi connectivity index (χ2n) is 9.54. The van der Waals surface area contributed by atoms with Gasteiger partial charge in [0.25, 0.3) is 0 Å². The van der Waals surface area contributed by atoms with Gasteiger partial charge in [-0.15, -0.1) is 23.5 Å². The summed E-state index contributed by atoms with van der Waals surface area (Å²) in [7, 11) is 0. The number of aliphatic hydroxyl groups is 1. The van der Waals surface area contributed by atoms with Crippen LogP contribution in [0.2, 0.25) is 0 Å². The van der Waals surface area contributed by atoms with E-state index in [9.17, 15) is 24.3 Å². The molecular weight excluding hydrogens is 520 g/mol. The van der Waals surface area contributed by atoms with Crippen molar-refractivity contribution in [1.29, 1.82) is 0 Å². The number of rotatable bonds is 13. The SMILES string of the molecule is CCCC(CC(=O)[C@@H]1CC2(CN1Cl)SCCS2)C(O)C(=O)CCC(=O)N[C@H](C(C)=O)c1ccccc1. The molecule has 7 nitrogen and oxygen atoms in total. The van der Waals surface area contributed by atoms with Crippen LogP contribution >= 0.6 is 35.3 Å². The van der Waals surface area contributed by atoms with Gasteiger partial charge in [0.05, 0.1) is 10.1 Å². The molecule has 1 aromatic carbocycles. The van der Waals surface area contributed by atoms with E-state index >= 15 is 0 Å². The monoisotopic (exact) mass is 554 g/mol. The van der Waals surface area contributed by atoms with E-state index in [1.165, 1.54) is 6.92 Å². The number of carbonyl (C=O) groups excluding carboxylic acids is 4. The van der Waals surface area contributed by atoms with Gasteiger partial charge < -0.3 is 10.4 Å². The van der Waals surface area contributed by atoms with Crippen LogP contribution in [0.4, 0.5) is 0 Å². The molecule has 2 N–H and O–H groups in total. The van der Waals surface area contributed by atoms with Crippen LogP contribution in [0.15, 0.2) is 30.3 Å². The fourth-order valence-corrected chi connectivity index (χ4v) is 8.64. The zero-order chi connectivity index (χ0) is 26.3. The third kappa shape index (κ3) is 7.57. The molecule has 0 saturated carbocycles. The number of ketones is 3. The predicted molar refractivity (Wildman–Crippen MR) is 145 cm³/mol. The standard InChI is InChI=1S/C26H35ClN2O5S2/c1-3-7-19(14-22(32)20-15-26(16-29(20)27)35-12-13-36-26)25(34)21(31)10-11-23(33)28-24(17(2)30)18-8-5-4-6-9-18/h4-6,8-9,19-20,24-25,34H,3,7,10-16H2,1-2H3,(H,28,33)/t19?,20-,24+,25?/m0/s1. The van der Waals surface area contributed by atoms with Gasteiger partial charge in [-0.3, -0.25) is 19.2 Å². The van der Waals surface area contributed by atoms with E-state index in [0.29, 0.717) is 31.4 Å². The van der Waals surface area contributed by atoms with Crippen LogP contribution in [-0.4, -0.2) is 67.1 Å². The molecule has 36 heavy (non-hydrogen) atoms. The Morgan fingerprint density at radius 1 is 1.17 bits per heavy atom. The fraction of sp³-hybridized carbons (Fsp3) is 0.615. The summed E-state index contributed by atoms with van der Waals surface area (Å²) in [5, 5.41) is 13.5. The number of Topliss-reactive ketones (excluding diaryl/α,β-unsaturated/α-hetero) is 3. The Bertz CT molecular complexity index is 942. The van der Waals surface area contributed by atoms with E-state index in [2.05, 4.69) is 5.32 Å². The van der Waals surface area contributed by atoms with Crippen molar-refractivity contribution in [3.8, 4) is 0 Å². The van der Waals surface area contributed by atoms with Crippen molar-refractivity contribution in [3.05, 3.63) is 35.9 Å². The van der Waals surface area contributed by atoms with E-state index in [1.54, 1.807) is 28.7 Å². The Labute approximate surface area is 226 Å². The number of amides is 1. The zero-order valence-corrected chi connectivity index (χ0v) is 23.2. The molecule has 2 aliphatic rings. The summed E-state index contributed by atoms with van der Waals surface area (Å²) in [5.41, 5.74) is 0.669. The molecule has 4 atom stereocenters. The molecule has 1 aromatic rings. The van der Waals surface area contributed by atoms with Crippen molar-refractivity contribution in [3.63, 3.8) is 0 Å². The van der Waals surface area contributed by atoms with Gasteiger partial charge in [-0.25, -0.2) is 4.42 Å². The van der Waals surface area contributed by atoms with Crippen LogP contribution in [0.3, 0.4) is 0 Å². The number of halogens is 1. The summed E-state index contributed by atoms with van der Waals surface area (Å²) in [6.07, 6.45) is 0.351. The molecule has 0 aromatic heterocycles. The molecule has 10 heteroatoms. The van der Waals surface area contributed by atoms with Crippen LogP contribution in [-0.2, 0) is 19.2 Å². The van der Waals surface area contributed by atoms with Crippen molar-refractivity contribution in [2.45, 2.75) is 74.6 Å². The number of hydrogen-bond acceptors (Lipinski definition) is 8. The van der Waals surface area contributed by atoms with Crippen molar-refractivity contribution in [1.82, 2.24) is 9.74 Å². The van der Waals surface area contributed by atoms with Gasteiger partial charge in [-0.1, -0.05) is 43.7 Å². The predicted octanol–water partition coefficient (Wildman–Crippen LogP) is 3.92. The molecule has 2 heterocycles. The second-order valence-corrected chi connectivity index (χ2v) is 13.2. The Morgan fingerprint density at radius 2 is 1.83 bits per heavy atom. The van der Waals surface area contributed by atoms with E-state index in [4.69, 9.17) is 11.8 Å². The highest BCUT2D eigenvalue weighted by molar-refractivity contribution is 8.21. The first-order chi connectivity index (χ1) is 17.2. The first-order valence-corrected chi connectivity index (χ1v) is 14.8. The minimum Gasteiger partial charge on any atom is -0.385 e. The minimum absolute atomic E-state index is 0.0401. The highest BCUT2D eigenvalue weighted by Gasteiger charge is 2.49. The largest absolute Gasteiger partial charge is 0.385 e. The molecule has 2 saturated heterocycles. The van der Waals surface area contributed by atoms with E-state index in [1.807, 2.05) is 36.5 Å². The summed E-state index contributed by atoms with van der Waals surface area (Å²) in [6, 6.07) is 7.70. The van der Waals surface area contributed by atoms with Crippen LogP contribution in [0.25, 0.3) is 0 Å². The lowest BCUT2D eigenvalue weighted by molar-refractivity contribution is -0.134. The van der Waals surface area contributed by atoms with Gasteiger partial charge in [0.2, 0.25) is 5.91 Å². The van der Waals surface area contributed by atoms with Gasteiger partial charge in [-0.05, 0) is 43.0 Å². The molecule has 0 aliphatic carbocycles. The number of nitrogens with zero attached hydrogens (tertiary/aromatic N) is 1. The van der Waals surface area contributed by atoms with Gasteiger partial charge >= 0.3 is 0 Å². The quantitative estimate of drug-likeness (QED) is 0.354. The Balaban J connectivity index is 1.53. The van der Waals surface area contributed by atoms with E-state index < -0.39 is 35.8 Å². The molecule has 3 rings (SSSR count). The fourth-order valence-electron chi connectivity index (χ4n) is 4.86. The molecule has 198 valence electrons. The second kappa shape index (κ2) is 13.4. The number of hydrogen-bond donors (Lipinski definition) is 2. The number of thioether (sulfide) groups is 2. The number of aliphatic hydroxyl groups excluding tert-OH is 1. The lowest BCUT2D eigenvalue weighted by atomic mass is 9.86. The van der Waals surface area contributed by atoms with Crippen LogP contribution in [0, 0.1) is 5.92 Å². The number of carbonyl (C=O) groups is 4. The Morgan fingerprint density at radius 3 is 2.44 bits per heavy atom. The molecule has 2 fully saturated rings.